The van der Waals surface area contributed by atoms with Crippen LogP contribution in [-0.4, -0.2) is 38.3 Å². The summed E-state index contributed by atoms with van der Waals surface area (Å²) in [6, 6.07) is 13.5. The van der Waals surface area contributed by atoms with Gasteiger partial charge in [-0.05, 0) is 49.4 Å². The number of ether oxygens (including phenoxy) is 3. The smallest absolute Gasteiger partial charge is 0.234 e. The summed E-state index contributed by atoms with van der Waals surface area (Å²) in [5, 5.41) is 3.03. The number of nitrogens with one attached hydrogen (secondary N) is 1. The SMILES string of the molecule is COc1ccc(CN(C)CC(=O)N[C@@H](C)c2ccc3c(c2)OCO3)cc1. The van der Waals surface area contributed by atoms with E-state index in [1.807, 2.05) is 61.3 Å². The van der Waals surface area contributed by atoms with Crippen molar-refractivity contribution < 1.29 is 19.0 Å². The van der Waals surface area contributed by atoms with E-state index in [4.69, 9.17) is 14.2 Å². The third-order valence-electron chi connectivity index (χ3n) is 4.30. The maximum atomic E-state index is 12.3. The van der Waals surface area contributed by atoms with Crippen molar-refractivity contribution in [1.82, 2.24) is 10.2 Å². The standard InChI is InChI=1S/C20H24N2O4/c1-14(16-6-9-18-19(10-16)26-13-25-18)21-20(23)12-22(2)11-15-4-7-17(24-3)8-5-15/h4-10,14H,11-13H2,1-3H3,(H,21,23)/t14-/m0/s1. The number of rotatable bonds is 7. The molecule has 1 N–H and O–H groups in total. The van der Waals surface area contributed by atoms with E-state index >= 15 is 0 Å². The number of amides is 1. The van der Waals surface area contributed by atoms with E-state index < -0.39 is 0 Å². The largest absolute Gasteiger partial charge is 0.497 e. The molecule has 0 aliphatic carbocycles. The highest BCUT2D eigenvalue weighted by atomic mass is 16.7. The first-order chi connectivity index (χ1) is 12.5. The second-order valence-corrected chi connectivity index (χ2v) is 6.42. The summed E-state index contributed by atoms with van der Waals surface area (Å²) >= 11 is 0. The van der Waals surface area contributed by atoms with Gasteiger partial charge >= 0.3 is 0 Å². The molecule has 1 heterocycles. The molecule has 138 valence electrons. The van der Waals surface area contributed by atoms with E-state index in [-0.39, 0.29) is 18.7 Å². The number of methoxy groups -OCH3 is 1. The van der Waals surface area contributed by atoms with Gasteiger partial charge in [-0.25, -0.2) is 0 Å². The lowest BCUT2D eigenvalue weighted by Gasteiger charge is -2.19. The zero-order valence-electron chi connectivity index (χ0n) is 15.3. The first-order valence-corrected chi connectivity index (χ1v) is 8.55. The Balaban J connectivity index is 1.50. The second kappa shape index (κ2) is 8.10. The molecule has 0 radical (unpaired) electrons. The van der Waals surface area contributed by atoms with Gasteiger partial charge in [-0.15, -0.1) is 0 Å². The number of benzene rings is 2. The Bertz CT molecular complexity index is 761. The van der Waals surface area contributed by atoms with Crippen LogP contribution in [0, 0.1) is 0 Å². The van der Waals surface area contributed by atoms with Crippen molar-refractivity contribution in [3.8, 4) is 17.2 Å². The zero-order chi connectivity index (χ0) is 18.5. The number of hydrogen-bond donors (Lipinski definition) is 1. The summed E-state index contributed by atoms with van der Waals surface area (Å²) in [6.07, 6.45) is 0. The molecule has 1 aliphatic heterocycles. The van der Waals surface area contributed by atoms with Crippen molar-refractivity contribution in [2.24, 2.45) is 0 Å². The van der Waals surface area contributed by atoms with Crippen LogP contribution in [0.15, 0.2) is 42.5 Å². The highest BCUT2D eigenvalue weighted by Crippen LogP contribution is 2.34. The first kappa shape index (κ1) is 18.1. The number of fused-ring (bicyclic) bond motifs is 1. The van der Waals surface area contributed by atoms with Gasteiger partial charge in [0.2, 0.25) is 12.7 Å². The lowest BCUT2D eigenvalue weighted by molar-refractivity contribution is -0.122. The van der Waals surface area contributed by atoms with Crippen molar-refractivity contribution in [2.45, 2.75) is 19.5 Å². The molecule has 0 unspecified atom stereocenters. The zero-order valence-corrected chi connectivity index (χ0v) is 15.3. The molecule has 1 atom stereocenters. The summed E-state index contributed by atoms with van der Waals surface area (Å²) in [5.41, 5.74) is 2.12. The Labute approximate surface area is 153 Å². The van der Waals surface area contributed by atoms with Gasteiger partial charge in [0.15, 0.2) is 11.5 Å². The summed E-state index contributed by atoms with van der Waals surface area (Å²) < 4.78 is 15.9. The van der Waals surface area contributed by atoms with Crippen LogP contribution in [0.4, 0.5) is 0 Å². The van der Waals surface area contributed by atoms with Crippen LogP contribution in [0.3, 0.4) is 0 Å². The van der Waals surface area contributed by atoms with Gasteiger partial charge in [0.05, 0.1) is 19.7 Å². The van der Waals surface area contributed by atoms with Gasteiger partial charge < -0.3 is 19.5 Å². The molecule has 0 bridgehead atoms. The minimum absolute atomic E-state index is 0.0221. The molecule has 1 aliphatic rings. The average Bonchev–Trinajstić information content (AvgIpc) is 3.09. The van der Waals surface area contributed by atoms with Crippen molar-refractivity contribution in [2.75, 3.05) is 27.5 Å². The minimum Gasteiger partial charge on any atom is -0.497 e. The van der Waals surface area contributed by atoms with E-state index in [1.165, 1.54) is 0 Å². The maximum absolute atomic E-state index is 12.3. The summed E-state index contributed by atoms with van der Waals surface area (Å²) in [5.74, 6) is 2.27. The third-order valence-corrected chi connectivity index (χ3v) is 4.30. The number of carbonyl (C=O) groups is 1. The monoisotopic (exact) mass is 356 g/mol. The molecule has 1 amide bonds. The maximum Gasteiger partial charge on any atom is 0.234 e. The lowest BCUT2D eigenvalue weighted by Crippen LogP contribution is -2.36. The van der Waals surface area contributed by atoms with Crippen LogP contribution in [0.2, 0.25) is 0 Å². The predicted molar refractivity (Wildman–Crippen MR) is 98.5 cm³/mol. The molecule has 2 aromatic carbocycles. The lowest BCUT2D eigenvalue weighted by atomic mass is 10.1. The van der Waals surface area contributed by atoms with Gasteiger partial charge in [-0.1, -0.05) is 18.2 Å². The normalized spacial score (nSPS) is 13.5. The van der Waals surface area contributed by atoms with E-state index in [2.05, 4.69) is 5.32 Å². The molecule has 0 fully saturated rings. The molecule has 2 aromatic rings. The Morgan fingerprint density at radius 2 is 1.92 bits per heavy atom. The molecule has 0 spiro atoms. The molecule has 6 nitrogen and oxygen atoms in total. The van der Waals surface area contributed by atoms with E-state index in [9.17, 15) is 4.79 Å². The van der Waals surface area contributed by atoms with Crippen molar-refractivity contribution >= 4 is 5.91 Å². The number of hydrogen-bond acceptors (Lipinski definition) is 5. The molecular weight excluding hydrogens is 332 g/mol. The molecule has 6 heteroatoms. The van der Waals surface area contributed by atoms with Crippen LogP contribution in [-0.2, 0) is 11.3 Å². The van der Waals surface area contributed by atoms with Crippen LogP contribution in [0.25, 0.3) is 0 Å². The third kappa shape index (κ3) is 4.46. The predicted octanol–water partition coefficient (Wildman–Crippen LogP) is 2.73. The molecule has 26 heavy (non-hydrogen) atoms. The van der Waals surface area contributed by atoms with Crippen LogP contribution < -0.4 is 19.5 Å². The molecule has 3 rings (SSSR count). The summed E-state index contributed by atoms with van der Waals surface area (Å²) in [7, 11) is 3.57. The summed E-state index contributed by atoms with van der Waals surface area (Å²) in [6.45, 7) is 3.21. The van der Waals surface area contributed by atoms with Crippen molar-refractivity contribution in [3.05, 3.63) is 53.6 Å². The fourth-order valence-electron chi connectivity index (χ4n) is 2.90. The highest BCUT2D eigenvalue weighted by Gasteiger charge is 2.17. The van der Waals surface area contributed by atoms with Crippen LogP contribution >= 0.6 is 0 Å². The van der Waals surface area contributed by atoms with Crippen molar-refractivity contribution in [3.63, 3.8) is 0 Å². The fraction of sp³-hybridized carbons (Fsp3) is 0.350. The van der Waals surface area contributed by atoms with Crippen LogP contribution in [0.5, 0.6) is 17.2 Å². The second-order valence-electron chi connectivity index (χ2n) is 6.42. The van der Waals surface area contributed by atoms with Gasteiger partial charge in [0, 0.05) is 6.54 Å². The van der Waals surface area contributed by atoms with E-state index in [0.717, 1.165) is 28.4 Å². The number of likely N-dealkylation sites (N-methyl/N-ethyl adjacent to an activating group) is 1. The Morgan fingerprint density at radius 1 is 1.19 bits per heavy atom. The molecule has 0 aromatic heterocycles. The van der Waals surface area contributed by atoms with Crippen LogP contribution in [0.1, 0.15) is 24.1 Å². The summed E-state index contributed by atoms with van der Waals surface area (Å²) in [4.78, 5) is 14.3. The first-order valence-electron chi connectivity index (χ1n) is 8.55. The average molecular weight is 356 g/mol. The van der Waals surface area contributed by atoms with E-state index in [0.29, 0.717) is 13.1 Å². The Kier molecular flexibility index (Phi) is 5.63. The Hall–Kier alpha value is -2.73. The van der Waals surface area contributed by atoms with Gasteiger partial charge in [-0.2, -0.15) is 0 Å². The van der Waals surface area contributed by atoms with Gasteiger partial charge in [-0.3, -0.25) is 9.69 Å². The molecule has 0 saturated carbocycles. The Morgan fingerprint density at radius 3 is 2.65 bits per heavy atom. The quantitative estimate of drug-likeness (QED) is 0.827. The minimum atomic E-state index is -0.105. The van der Waals surface area contributed by atoms with Gasteiger partial charge in [0.25, 0.3) is 0 Å². The van der Waals surface area contributed by atoms with E-state index in [1.54, 1.807) is 7.11 Å². The number of carbonyl (C=O) groups excluding carboxylic acids is 1. The van der Waals surface area contributed by atoms with Gasteiger partial charge in [0.1, 0.15) is 5.75 Å². The highest BCUT2D eigenvalue weighted by molar-refractivity contribution is 5.78. The van der Waals surface area contributed by atoms with Crippen molar-refractivity contribution in [1.29, 1.82) is 0 Å². The number of nitrogens with zero attached hydrogens (tertiary/aromatic N) is 1. The molecule has 0 saturated heterocycles. The topological polar surface area (TPSA) is 60.0 Å². The fourth-order valence-corrected chi connectivity index (χ4v) is 2.90. The molecular formula is C20H24N2O4.